The highest BCUT2D eigenvalue weighted by atomic mass is 19.3. The molecule has 0 unspecified atom stereocenters. The highest BCUT2D eigenvalue weighted by Gasteiger charge is 2.24. The number of rotatable bonds is 8. The highest BCUT2D eigenvalue weighted by molar-refractivity contribution is 5.89. The lowest BCUT2D eigenvalue weighted by atomic mass is 10.0. The molecule has 2 saturated heterocycles. The van der Waals surface area contributed by atoms with E-state index in [1.54, 1.807) is 20.0 Å². The first-order valence-electron chi connectivity index (χ1n) is 12.2. The number of nitrogens with zero attached hydrogens (tertiary/aromatic N) is 4. The van der Waals surface area contributed by atoms with E-state index < -0.39 is 23.8 Å². The van der Waals surface area contributed by atoms with Gasteiger partial charge in [0.15, 0.2) is 0 Å². The van der Waals surface area contributed by atoms with Crippen molar-refractivity contribution in [2.45, 2.75) is 32.0 Å². The summed E-state index contributed by atoms with van der Waals surface area (Å²) in [6.07, 6.45) is -2.93. The third-order valence-electron chi connectivity index (χ3n) is 6.75. The summed E-state index contributed by atoms with van der Waals surface area (Å²) in [5.74, 6) is -0.139. The predicted octanol–water partition coefficient (Wildman–Crippen LogP) is 2.90. The topological polar surface area (TPSA) is 93.5 Å². The van der Waals surface area contributed by atoms with Crippen LogP contribution in [0, 0.1) is 5.82 Å². The Kier molecular flexibility index (Phi) is 7.31. The molecule has 12 heteroatoms. The van der Waals surface area contributed by atoms with Crippen molar-refractivity contribution < 1.29 is 22.6 Å². The van der Waals surface area contributed by atoms with Gasteiger partial charge in [0.05, 0.1) is 56.0 Å². The van der Waals surface area contributed by atoms with Crippen LogP contribution in [-0.4, -0.2) is 60.1 Å². The Morgan fingerprint density at radius 3 is 2.54 bits per heavy atom. The average molecular weight is 519 g/mol. The molecule has 37 heavy (non-hydrogen) atoms. The van der Waals surface area contributed by atoms with Crippen LogP contribution in [-0.2, 0) is 23.1 Å². The number of morpholine rings is 1. The van der Waals surface area contributed by atoms with Gasteiger partial charge in [-0.15, -0.1) is 0 Å². The van der Waals surface area contributed by atoms with Crippen LogP contribution in [0.15, 0.2) is 29.1 Å². The molecule has 1 atom stereocenters. The second-order valence-electron chi connectivity index (χ2n) is 9.25. The summed E-state index contributed by atoms with van der Waals surface area (Å²) < 4.78 is 53.6. The highest BCUT2D eigenvalue weighted by Crippen LogP contribution is 2.31. The molecule has 0 bridgehead atoms. The maximum atomic E-state index is 14.9. The molecule has 0 aliphatic carbocycles. The molecule has 0 saturated carbocycles. The zero-order chi connectivity index (χ0) is 26.1. The Hall–Kier alpha value is -3.22. The number of nitrogens with one attached hydrogen (secondary N) is 2. The van der Waals surface area contributed by atoms with E-state index in [4.69, 9.17) is 9.47 Å². The third-order valence-corrected chi connectivity index (χ3v) is 6.75. The van der Waals surface area contributed by atoms with E-state index in [0.717, 1.165) is 6.07 Å². The van der Waals surface area contributed by atoms with Crippen LogP contribution in [0.25, 0.3) is 11.0 Å². The van der Waals surface area contributed by atoms with Gasteiger partial charge in [0, 0.05) is 25.7 Å². The van der Waals surface area contributed by atoms with Crippen molar-refractivity contribution in [3.63, 3.8) is 0 Å². The number of halogens is 3. The number of aromatic nitrogens is 3. The summed E-state index contributed by atoms with van der Waals surface area (Å²) >= 11 is 0. The van der Waals surface area contributed by atoms with Crippen LogP contribution in [0.5, 0.6) is 0 Å². The fraction of sp³-hybridized carbons (Fsp3) is 0.480. The van der Waals surface area contributed by atoms with Gasteiger partial charge in [-0.25, -0.2) is 23.1 Å². The van der Waals surface area contributed by atoms with Gasteiger partial charge < -0.3 is 25.0 Å². The van der Waals surface area contributed by atoms with Crippen LogP contribution in [0.3, 0.4) is 0 Å². The lowest BCUT2D eigenvalue weighted by Crippen LogP contribution is -2.45. The average Bonchev–Trinajstić information content (AvgIpc) is 2.86. The zero-order valence-corrected chi connectivity index (χ0v) is 20.6. The Labute approximate surface area is 211 Å². The van der Waals surface area contributed by atoms with Crippen molar-refractivity contribution in [1.29, 1.82) is 0 Å². The SMILES string of the molecule is C[C@@H](Nc1nc(CNC2COC2)nc2c1cc(N1CCOCC1)c(=O)n2C)c1cccc(C(F)F)c1F. The molecule has 4 heterocycles. The molecule has 0 radical (unpaired) electrons. The van der Waals surface area contributed by atoms with E-state index in [0.29, 0.717) is 74.4 Å². The molecule has 0 spiro atoms. The summed E-state index contributed by atoms with van der Waals surface area (Å²) in [7, 11) is 1.65. The smallest absolute Gasteiger partial charge is 0.275 e. The van der Waals surface area contributed by atoms with Gasteiger partial charge in [0.1, 0.15) is 28.8 Å². The van der Waals surface area contributed by atoms with E-state index >= 15 is 0 Å². The van der Waals surface area contributed by atoms with Gasteiger partial charge in [0.25, 0.3) is 12.0 Å². The molecule has 0 amide bonds. The zero-order valence-electron chi connectivity index (χ0n) is 20.6. The van der Waals surface area contributed by atoms with Gasteiger partial charge in [0.2, 0.25) is 0 Å². The van der Waals surface area contributed by atoms with Crippen LogP contribution in [0.4, 0.5) is 24.7 Å². The maximum Gasteiger partial charge on any atom is 0.275 e. The van der Waals surface area contributed by atoms with E-state index in [-0.39, 0.29) is 17.2 Å². The Balaban J connectivity index is 1.57. The molecule has 2 aliphatic heterocycles. The largest absolute Gasteiger partial charge is 0.378 e. The summed E-state index contributed by atoms with van der Waals surface area (Å²) in [6, 6.07) is 5.19. The number of hydrogen-bond donors (Lipinski definition) is 2. The molecule has 2 N–H and O–H groups in total. The minimum Gasteiger partial charge on any atom is -0.378 e. The minimum absolute atomic E-state index is 0.0917. The fourth-order valence-corrected chi connectivity index (χ4v) is 4.52. The first kappa shape index (κ1) is 25.4. The van der Waals surface area contributed by atoms with Crippen LogP contribution in [0.2, 0.25) is 0 Å². The molecule has 2 fully saturated rings. The van der Waals surface area contributed by atoms with Gasteiger partial charge in [-0.3, -0.25) is 9.36 Å². The number of benzene rings is 1. The molecule has 1 aromatic carbocycles. The number of aryl methyl sites for hydroxylation is 1. The summed E-state index contributed by atoms with van der Waals surface area (Å²) in [4.78, 5) is 24.5. The second-order valence-corrected chi connectivity index (χ2v) is 9.25. The number of anilines is 2. The quantitative estimate of drug-likeness (QED) is 0.470. The minimum atomic E-state index is -2.93. The third kappa shape index (κ3) is 5.13. The predicted molar refractivity (Wildman–Crippen MR) is 133 cm³/mol. The van der Waals surface area contributed by atoms with Crippen molar-refractivity contribution in [1.82, 2.24) is 19.9 Å². The van der Waals surface area contributed by atoms with Gasteiger partial charge in [-0.1, -0.05) is 18.2 Å². The van der Waals surface area contributed by atoms with Gasteiger partial charge >= 0.3 is 0 Å². The molecular weight excluding hydrogens is 489 g/mol. The molecular formula is C25H29F3N6O3. The monoisotopic (exact) mass is 518 g/mol. The Bertz CT molecular complexity index is 1340. The van der Waals surface area contributed by atoms with Crippen LogP contribution < -0.4 is 21.1 Å². The van der Waals surface area contributed by atoms with Crippen LogP contribution in [0.1, 0.15) is 36.3 Å². The first-order valence-corrected chi connectivity index (χ1v) is 12.2. The first-order chi connectivity index (χ1) is 17.8. The number of hydrogen-bond acceptors (Lipinski definition) is 8. The molecule has 9 nitrogen and oxygen atoms in total. The number of fused-ring (bicyclic) bond motifs is 1. The Morgan fingerprint density at radius 1 is 1.14 bits per heavy atom. The van der Waals surface area contributed by atoms with E-state index in [1.807, 2.05) is 4.90 Å². The van der Waals surface area contributed by atoms with E-state index in [9.17, 15) is 18.0 Å². The molecule has 5 rings (SSSR count). The lowest BCUT2D eigenvalue weighted by molar-refractivity contribution is -0.00603. The summed E-state index contributed by atoms with van der Waals surface area (Å²) in [5, 5.41) is 7.07. The van der Waals surface area contributed by atoms with Gasteiger partial charge in [-0.2, -0.15) is 0 Å². The number of ether oxygens (including phenoxy) is 2. The molecule has 2 aliphatic rings. The second kappa shape index (κ2) is 10.6. The number of pyridine rings is 1. The normalized spacial score (nSPS) is 17.3. The number of alkyl halides is 2. The van der Waals surface area contributed by atoms with Crippen molar-refractivity contribution in [2.24, 2.45) is 7.05 Å². The van der Waals surface area contributed by atoms with Gasteiger partial charge in [-0.05, 0) is 13.0 Å². The summed E-state index contributed by atoms with van der Waals surface area (Å²) in [6.45, 7) is 5.35. The van der Waals surface area contributed by atoms with Crippen molar-refractivity contribution in [3.8, 4) is 0 Å². The standard InChI is InChI=1S/C25H29F3N6O3/c1-14(16-4-3-5-17(21(16)26)22(27)28)30-23-18-10-19(34-6-8-36-9-7-34)25(35)33(2)24(18)32-20(31-23)11-29-15-12-37-13-15/h3-5,10,14-15,22,29H,6-9,11-13H2,1-2H3,(H,30,31,32)/t14-/m1/s1. The van der Waals surface area contributed by atoms with E-state index in [1.165, 1.54) is 16.7 Å². The molecule has 198 valence electrons. The molecule has 2 aromatic heterocycles. The molecule has 3 aromatic rings. The fourth-order valence-electron chi connectivity index (χ4n) is 4.52. The van der Waals surface area contributed by atoms with Crippen molar-refractivity contribution in [3.05, 3.63) is 57.4 Å². The van der Waals surface area contributed by atoms with Crippen molar-refractivity contribution >= 4 is 22.5 Å². The maximum absolute atomic E-state index is 14.9. The Morgan fingerprint density at radius 2 is 1.86 bits per heavy atom. The van der Waals surface area contributed by atoms with Crippen LogP contribution >= 0.6 is 0 Å². The van der Waals surface area contributed by atoms with E-state index in [2.05, 4.69) is 20.6 Å². The summed E-state index contributed by atoms with van der Waals surface area (Å²) in [5.41, 5.74) is 0.141. The van der Waals surface area contributed by atoms with Crippen molar-refractivity contribution in [2.75, 3.05) is 49.7 Å². The lowest BCUT2D eigenvalue weighted by Gasteiger charge is -2.29.